The van der Waals surface area contributed by atoms with Gasteiger partial charge in [0.1, 0.15) is 0 Å². The van der Waals surface area contributed by atoms with Crippen LogP contribution in [0.2, 0.25) is 0 Å². The number of nitrogens with one attached hydrogen (secondary N) is 1. The van der Waals surface area contributed by atoms with Gasteiger partial charge in [0.15, 0.2) is 0 Å². The molecule has 0 fully saturated rings. The number of likely N-dealkylation sites (N-methyl/N-ethyl adjacent to an activating group) is 1. The average Bonchev–Trinajstić information content (AvgIpc) is 2.02. The lowest BCUT2D eigenvalue weighted by Gasteiger charge is -2.14. The predicted octanol–water partition coefficient (Wildman–Crippen LogP) is 0.319. The Labute approximate surface area is 70.7 Å². The van der Waals surface area contributed by atoms with Crippen LogP contribution in [0.1, 0.15) is 6.92 Å². The third kappa shape index (κ3) is 5.01. The van der Waals surface area contributed by atoms with Crippen LogP contribution in [-0.2, 0) is 4.79 Å². The largest absolute Gasteiger partial charge is 0.345 e. The Bertz CT molecular complexity index is 141. The highest BCUT2D eigenvalue weighted by atomic mass is 19.3. The molecule has 3 nitrogen and oxygen atoms in total. The van der Waals surface area contributed by atoms with Crippen molar-refractivity contribution in [1.82, 2.24) is 10.2 Å². The summed E-state index contributed by atoms with van der Waals surface area (Å²) in [7, 11) is 1.63. The van der Waals surface area contributed by atoms with Gasteiger partial charge < -0.3 is 10.2 Å². The Morgan fingerprint density at radius 2 is 2.17 bits per heavy atom. The van der Waals surface area contributed by atoms with Crippen molar-refractivity contribution in [2.24, 2.45) is 0 Å². The van der Waals surface area contributed by atoms with Crippen molar-refractivity contribution in [3.63, 3.8) is 0 Å². The first kappa shape index (κ1) is 11.3. The lowest BCUT2D eigenvalue weighted by molar-refractivity contribution is -0.128. The van der Waals surface area contributed by atoms with Crippen LogP contribution in [0.15, 0.2) is 0 Å². The highest BCUT2D eigenvalue weighted by molar-refractivity contribution is 5.77. The van der Waals surface area contributed by atoms with E-state index in [0.29, 0.717) is 6.54 Å². The van der Waals surface area contributed by atoms with Crippen LogP contribution in [0.25, 0.3) is 0 Å². The third-order valence-corrected chi connectivity index (χ3v) is 1.47. The molecule has 0 aliphatic heterocycles. The zero-order valence-corrected chi connectivity index (χ0v) is 7.31. The molecule has 0 rings (SSSR count). The van der Waals surface area contributed by atoms with E-state index in [0.717, 1.165) is 0 Å². The molecule has 0 bridgehead atoms. The van der Waals surface area contributed by atoms with Gasteiger partial charge in [-0.05, 0) is 6.92 Å². The minimum atomic E-state index is -2.40. The number of nitrogens with zero attached hydrogens (tertiary/aromatic N) is 1. The summed E-state index contributed by atoms with van der Waals surface area (Å²) in [6, 6.07) is 0. The number of carbonyl (C=O) groups is 1. The van der Waals surface area contributed by atoms with Crippen LogP contribution in [0.3, 0.4) is 0 Å². The van der Waals surface area contributed by atoms with Crippen LogP contribution in [0, 0.1) is 0 Å². The minimum Gasteiger partial charge on any atom is -0.345 e. The van der Waals surface area contributed by atoms with E-state index in [2.05, 4.69) is 5.32 Å². The second-order valence-corrected chi connectivity index (χ2v) is 2.43. The van der Waals surface area contributed by atoms with Crippen molar-refractivity contribution in [2.75, 3.05) is 26.7 Å². The fourth-order valence-corrected chi connectivity index (χ4v) is 0.600. The lowest BCUT2D eigenvalue weighted by atomic mass is 10.5. The Kier molecular flexibility index (Phi) is 5.53. The number of alkyl halides is 2. The van der Waals surface area contributed by atoms with Crippen LogP contribution >= 0.6 is 0 Å². The molecule has 0 aliphatic carbocycles. The summed E-state index contributed by atoms with van der Waals surface area (Å²) in [6.45, 7) is 1.97. The highest BCUT2D eigenvalue weighted by Crippen LogP contribution is 1.88. The van der Waals surface area contributed by atoms with Gasteiger partial charge in [-0.25, -0.2) is 8.78 Å². The van der Waals surface area contributed by atoms with E-state index in [-0.39, 0.29) is 12.5 Å². The van der Waals surface area contributed by atoms with Crippen molar-refractivity contribution in [1.29, 1.82) is 0 Å². The summed E-state index contributed by atoms with van der Waals surface area (Å²) >= 11 is 0. The van der Waals surface area contributed by atoms with Gasteiger partial charge in [0.2, 0.25) is 5.91 Å². The van der Waals surface area contributed by atoms with E-state index in [1.54, 1.807) is 7.05 Å². The third-order valence-electron chi connectivity index (χ3n) is 1.47. The van der Waals surface area contributed by atoms with Gasteiger partial charge in [-0.1, -0.05) is 0 Å². The first-order valence-corrected chi connectivity index (χ1v) is 3.80. The Hall–Kier alpha value is -0.710. The summed E-state index contributed by atoms with van der Waals surface area (Å²) < 4.78 is 23.2. The molecule has 0 aromatic rings. The number of halogens is 2. The molecule has 0 aromatic carbocycles. The number of carbonyl (C=O) groups excluding carboxylic acids is 1. The number of rotatable bonds is 5. The molecule has 0 aromatic heterocycles. The van der Waals surface area contributed by atoms with Gasteiger partial charge in [-0.15, -0.1) is 0 Å². The smallest absolute Gasteiger partial charge is 0.250 e. The minimum absolute atomic E-state index is 0.0192. The molecule has 0 spiro atoms. The molecule has 0 unspecified atom stereocenters. The van der Waals surface area contributed by atoms with Crippen molar-refractivity contribution < 1.29 is 13.6 Å². The molecule has 0 saturated carbocycles. The highest BCUT2D eigenvalue weighted by Gasteiger charge is 2.07. The maximum absolute atomic E-state index is 11.6. The topological polar surface area (TPSA) is 32.3 Å². The molecular weight excluding hydrogens is 166 g/mol. The van der Waals surface area contributed by atoms with Crippen molar-refractivity contribution >= 4 is 5.91 Å². The Morgan fingerprint density at radius 1 is 1.58 bits per heavy atom. The SMILES string of the molecule is CCN(C)C(=O)CNCC(F)F. The fraction of sp³-hybridized carbons (Fsp3) is 0.857. The second kappa shape index (κ2) is 5.88. The van der Waals surface area contributed by atoms with E-state index >= 15 is 0 Å². The van der Waals surface area contributed by atoms with Crippen LogP contribution in [-0.4, -0.2) is 43.9 Å². The van der Waals surface area contributed by atoms with Gasteiger partial charge in [0, 0.05) is 13.6 Å². The summed E-state index contributed by atoms with van der Waals surface area (Å²) in [5.41, 5.74) is 0. The number of amides is 1. The molecule has 5 heteroatoms. The monoisotopic (exact) mass is 180 g/mol. The van der Waals surface area contributed by atoms with Crippen LogP contribution < -0.4 is 5.32 Å². The second-order valence-electron chi connectivity index (χ2n) is 2.43. The summed E-state index contributed by atoms with van der Waals surface area (Å²) in [5.74, 6) is -0.168. The molecular formula is C7H14F2N2O. The molecule has 0 saturated heterocycles. The number of hydrogen-bond donors (Lipinski definition) is 1. The molecule has 0 atom stereocenters. The normalized spacial score (nSPS) is 10.4. The Morgan fingerprint density at radius 3 is 2.58 bits per heavy atom. The van der Waals surface area contributed by atoms with E-state index in [4.69, 9.17) is 0 Å². The molecule has 0 radical (unpaired) electrons. The average molecular weight is 180 g/mol. The summed E-state index contributed by atoms with van der Waals surface area (Å²) in [6.07, 6.45) is -2.40. The van der Waals surface area contributed by atoms with Crippen LogP contribution in [0.4, 0.5) is 8.78 Å². The zero-order chi connectivity index (χ0) is 9.56. The molecule has 12 heavy (non-hydrogen) atoms. The molecule has 1 N–H and O–H groups in total. The molecule has 0 heterocycles. The maximum Gasteiger partial charge on any atom is 0.250 e. The standard InChI is InChI=1S/C7H14F2N2O/c1-3-11(2)7(12)5-10-4-6(8)9/h6,10H,3-5H2,1-2H3. The quantitative estimate of drug-likeness (QED) is 0.660. The van der Waals surface area contributed by atoms with Crippen molar-refractivity contribution in [3.05, 3.63) is 0 Å². The summed E-state index contributed by atoms with van der Waals surface area (Å²) in [4.78, 5) is 12.4. The van der Waals surface area contributed by atoms with Gasteiger partial charge in [0.25, 0.3) is 6.43 Å². The molecule has 0 aliphatic rings. The summed E-state index contributed by atoms with van der Waals surface area (Å²) in [5, 5.41) is 2.36. The van der Waals surface area contributed by atoms with Crippen LogP contribution in [0.5, 0.6) is 0 Å². The Balaban J connectivity index is 3.44. The van der Waals surface area contributed by atoms with Crippen molar-refractivity contribution in [2.45, 2.75) is 13.3 Å². The first-order chi connectivity index (χ1) is 5.57. The number of hydrogen-bond acceptors (Lipinski definition) is 2. The van der Waals surface area contributed by atoms with Crippen molar-refractivity contribution in [3.8, 4) is 0 Å². The first-order valence-electron chi connectivity index (χ1n) is 3.80. The lowest BCUT2D eigenvalue weighted by Crippen LogP contribution is -2.36. The van der Waals surface area contributed by atoms with Gasteiger partial charge in [-0.3, -0.25) is 4.79 Å². The van der Waals surface area contributed by atoms with Gasteiger partial charge >= 0.3 is 0 Å². The van der Waals surface area contributed by atoms with E-state index in [9.17, 15) is 13.6 Å². The van der Waals surface area contributed by atoms with E-state index in [1.165, 1.54) is 4.90 Å². The zero-order valence-electron chi connectivity index (χ0n) is 7.31. The fourth-order valence-electron chi connectivity index (χ4n) is 0.600. The van der Waals surface area contributed by atoms with Gasteiger partial charge in [-0.2, -0.15) is 0 Å². The molecule has 1 amide bonds. The van der Waals surface area contributed by atoms with E-state index in [1.807, 2.05) is 6.92 Å². The molecule has 72 valence electrons. The maximum atomic E-state index is 11.6. The predicted molar refractivity (Wildman–Crippen MR) is 42.2 cm³/mol. The van der Waals surface area contributed by atoms with Gasteiger partial charge in [0.05, 0.1) is 13.1 Å². The van der Waals surface area contributed by atoms with E-state index < -0.39 is 13.0 Å².